The summed E-state index contributed by atoms with van der Waals surface area (Å²) in [6.07, 6.45) is -3.62. The molecule has 0 bridgehead atoms. The molecule has 0 saturated heterocycles. The molecular weight excluding hydrogens is 501 g/mol. The van der Waals surface area contributed by atoms with Gasteiger partial charge >= 0.3 is 6.18 Å². The first kappa shape index (κ1) is 24.3. The Bertz CT molecular complexity index is 1150. The summed E-state index contributed by atoms with van der Waals surface area (Å²) in [5.74, 6) is -0.414. The molecule has 172 valence electrons. The molecule has 33 heavy (non-hydrogen) atoms. The molecule has 3 rings (SSSR count). The van der Waals surface area contributed by atoms with Crippen LogP contribution in [0.25, 0.3) is 0 Å². The average molecular weight is 521 g/mol. The molecule has 3 aromatic carbocycles. The number of hydrogen-bond acceptors (Lipinski definition) is 3. The number of nitrogens with one attached hydrogen (secondary N) is 2. The van der Waals surface area contributed by atoms with Crippen LogP contribution in [0.1, 0.15) is 28.4 Å². The van der Waals surface area contributed by atoms with E-state index < -0.39 is 17.6 Å². The van der Waals surface area contributed by atoms with Crippen LogP contribution in [-0.2, 0) is 17.4 Å². The molecule has 0 heterocycles. The van der Waals surface area contributed by atoms with Crippen LogP contribution in [0.5, 0.6) is 5.75 Å². The number of alkyl halides is 3. The Balaban J connectivity index is 1.55. The number of hydrogen-bond donors (Lipinski definition) is 2. The number of anilines is 2. The van der Waals surface area contributed by atoms with Gasteiger partial charge in [-0.25, -0.2) is 0 Å². The maximum atomic E-state index is 12.8. The number of aryl methyl sites for hydroxylation is 1. The Morgan fingerprint density at radius 3 is 2.30 bits per heavy atom. The third kappa shape index (κ3) is 6.82. The SMILES string of the molecule is CCc1ccc(OCC(=O)Nc2ccc(C(=O)Nc3cccc(C(F)(F)F)c3)cc2)c(Br)c1. The fourth-order valence-corrected chi connectivity index (χ4v) is 3.44. The molecule has 9 heteroatoms. The van der Waals surface area contributed by atoms with Crippen molar-refractivity contribution < 1.29 is 27.5 Å². The van der Waals surface area contributed by atoms with Gasteiger partial charge in [-0.1, -0.05) is 19.1 Å². The van der Waals surface area contributed by atoms with E-state index in [0.717, 1.165) is 28.6 Å². The smallest absolute Gasteiger partial charge is 0.416 e. The van der Waals surface area contributed by atoms with Gasteiger partial charge in [0.05, 0.1) is 10.0 Å². The van der Waals surface area contributed by atoms with E-state index in [1.54, 1.807) is 6.07 Å². The summed E-state index contributed by atoms with van der Waals surface area (Å²) < 4.78 is 44.7. The largest absolute Gasteiger partial charge is 0.483 e. The summed E-state index contributed by atoms with van der Waals surface area (Å²) in [6.45, 7) is 1.83. The van der Waals surface area contributed by atoms with E-state index in [4.69, 9.17) is 4.74 Å². The van der Waals surface area contributed by atoms with Crippen molar-refractivity contribution in [1.29, 1.82) is 0 Å². The third-order valence-corrected chi connectivity index (χ3v) is 5.26. The Morgan fingerprint density at radius 2 is 1.67 bits per heavy atom. The lowest BCUT2D eigenvalue weighted by Gasteiger charge is -2.11. The highest BCUT2D eigenvalue weighted by Crippen LogP contribution is 2.31. The van der Waals surface area contributed by atoms with Crippen molar-refractivity contribution in [3.8, 4) is 5.75 Å². The lowest BCUT2D eigenvalue weighted by atomic mass is 10.1. The van der Waals surface area contributed by atoms with Crippen LogP contribution >= 0.6 is 15.9 Å². The number of carbonyl (C=O) groups excluding carboxylic acids is 2. The minimum absolute atomic E-state index is 0.0301. The van der Waals surface area contributed by atoms with E-state index in [-0.39, 0.29) is 23.8 Å². The molecule has 3 aromatic rings. The van der Waals surface area contributed by atoms with Gasteiger partial charge in [0.15, 0.2) is 6.61 Å². The molecule has 0 atom stereocenters. The standard InChI is InChI=1S/C24H20BrF3N2O3/c1-2-15-6-11-21(20(25)12-15)33-14-22(31)29-18-9-7-16(8-10-18)23(32)30-19-5-3-4-17(13-19)24(26,27)28/h3-13H,2,14H2,1H3,(H,29,31)(H,30,32). The molecule has 0 aliphatic carbocycles. The number of benzene rings is 3. The van der Waals surface area contributed by atoms with Crippen LogP contribution in [0.2, 0.25) is 0 Å². The van der Waals surface area contributed by atoms with Crippen LogP contribution in [-0.4, -0.2) is 18.4 Å². The Hall–Kier alpha value is -3.33. The van der Waals surface area contributed by atoms with Crippen molar-refractivity contribution in [2.24, 2.45) is 0 Å². The lowest BCUT2D eigenvalue weighted by molar-refractivity contribution is -0.137. The molecule has 0 spiro atoms. The first-order chi connectivity index (χ1) is 15.7. The van der Waals surface area contributed by atoms with Gasteiger partial charge < -0.3 is 15.4 Å². The Labute approximate surface area is 197 Å². The topological polar surface area (TPSA) is 67.4 Å². The maximum Gasteiger partial charge on any atom is 0.416 e. The van der Waals surface area contributed by atoms with Gasteiger partial charge in [-0.3, -0.25) is 9.59 Å². The average Bonchev–Trinajstić information content (AvgIpc) is 2.78. The third-order valence-electron chi connectivity index (χ3n) is 4.64. The van der Waals surface area contributed by atoms with E-state index >= 15 is 0 Å². The van der Waals surface area contributed by atoms with Crippen LogP contribution in [0.15, 0.2) is 71.2 Å². The minimum atomic E-state index is -4.50. The van der Waals surface area contributed by atoms with Gasteiger partial charge in [0.1, 0.15) is 5.75 Å². The van der Waals surface area contributed by atoms with Gasteiger partial charge in [-0.05, 0) is 82.5 Å². The molecule has 2 N–H and O–H groups in total. The van der Waals surface area contributed by atoms with Crippen LogP contribution in [0, 0.1) is 0 Å². The summed E-state index contributed by atoms with van der Waals surface area (Å²) in [4.78, 5) is 24.5. The molecule has 0 aliphatic heterocycles. The molecule has 0 saturated carbocycles. The zero-order valence-corrected chi connectivity index (χ0v) is 19.1. The number of amides is 2. The fourth-order valence-electron chi connectivity index (χ4n) is 2.90. The fraction of sp³-hybridized carbons (Fsp3) is 0.167. The summed E-state index contributed by atoms with van der Waals surface area (Å²) in [5, 5.41) is 5.09. The van der Waals surface area contributed by atoms with Crippen molar-refractivity contribution in [3.63, 3.8) is 0 Å². The highest BCUT2D eigenvalue weighted by molar-refractivity contribution is 9.10. The van der Waals surface area contributed by atoms with E-state index in [2.05, 4.69) is 26.6 Å². The quantitative estimate of drug-likeness (QED) is 0.384. The predicted molar refractivity (Wildman–Crippen MR) is 123 cm³/mol. The van der Waals surface area contributed by atoms with Gasteiger partial charge in [-0.15, -0.1) is 0 Å². The van der Waals surface area contributed by atoms with Crippen molar-refractivity contribution >= 4 is 39.1 Å². The first-order valence-corrected chi connectivity index (χ1v) is 10.7. The molecule has 2 amide bonds. The number of halogens is 4. The highest BCUT2D eigenvalue weighted by Gasteiger charge is 2.30. The second kappa shape index (κ2) is 10.5. The van der Waals surface area contributed by atoms with Crippen LogP contribution in [0.3, 0.4) is 0 Å². The summed E-state index contributed by atoms with van der Waals surface area (Å²) in [6, 6.07) is 16.0. The molecule has 0 aliphatic rings. The van der Waals surface area contributed by atoms with E-state index in [1.807, 2.05) is 19.1 Å². The highest BCUT2D eigenvalue weighted by atomic mass is 79.9. The number of ether oxygens (including phenoxy) is 1. The van der Waals surface area contributed by atoms with Gasteiger partial charge in [0, 0.05) is 16.9 Å². The summed E-state index contributed by atoms with van der Waals surface area (Å²) >= 11 is 3.41. The van der Waals surface area contributed by atoms with Crippen LogP contribution in [0.4, 0.5) is 24.5 Å². The zero-order valence-electron chi connectivity index (χ0n) is 17.5. The van der Waals surface area contributed by atoms with Crippen molar-refractivity contribution in [2.45, 2.75) is 19.5 Å². The van der Waals surface area contributed by atoms with Crippen LogP contribution < -0.4 is 15.4 Å². The monoisotopic (exact) mass is 520 g/mol. The van der Waals surface area contributed by atoms with Crippen molar-refractivity contribution in [1.82, 2.24) is 0 Å². The van der Waals surface area contributed by atoms with E-state index in [0.29, 0.717) is 11.4 Å². The van der Waals surface area contributed by atoms with Crippen molar-refractivity contribution in [3.05, 3.63) is 87.9 Å². The van der Waals surface area contributed by atoms with E-state index in [9.17, 15) is 22.8 Å². The normalized spacial score (nSPS) is 11.1. The van der Waals surface area contributed by atoms with Gasteiger partial charge in [-0.2, -0.15) is 13.2 Å². The molecule has 0 radical (unpaired) electrons. The Morgan fingerprint density at radius 1 is 0.939 bits per heavy atom. The maximum absolute atomic E-state index is 12.8. The zero-order chi connectivity index (χ0) is 24.0. The molecular formula is C24H20BrF3N2O3. The molecule has 0 fully saturated rings. The lowest BCUT2D eigenvalue weighted by Crippen LogP contribution is -2.20. The summed E-state index contributed by atoms with van der Waals surface area (Å²) in [7, 11) is 0. The second-order valence-corrected chi connectivity index (χ2v) is 7.92. The van der Waals surface area contributed by atoms with Crippen molar-refractivity contribution in [2.75, 3.05) is 17.2 Å². The second-order valence-electron chi connectivity index (χ2n) is 7.07. The number of carbonyl (C=O) groups is 2. The van der Waals surface area contributed by atoms with E-state index in [1.165, 1.54) is 36.4 Å². The first-order valence-electron chi connectivity index (χ1n) is 9.95. The predicted octanol–water partition coefficient (Wildman–Crippen LogP) is 6.30. The molecule has 5 nitrogen and oxygen atoms in total. The van der Waals surface area contributed by atoms with Gasteiger partial charge in [0.25, 0.3) is 11.8 Å². The van der Waals surface area contributed by atoms with Gasteiger partial charge in [0.2, 0.25) is 0 Å². The Kier molecular flexibility index (Phi) is 7.75. The molecule has 0 unspecified atom stereocenters. The minimum Gasteiger partial charge on any atom is -0.483 e. The summed E-state index contributed by atoms with van der Waals surface area (Å²) in [5.41, 5.74) is 0.980. The number of rotatable bonds is 7. The molecule has 0 aromatic heterocycles.